The van der Waals surface area contributed by atoms with E-state index in [9.17, 15) is 4.39 Å². The lowest BCUT2D eigenvalue weighted by Gasteiger charge is -2.09. The van der Waals surface area contributed by atoms with Crippen molar-refractivity contribution in [3.63, 3.8) is 0 Å². The summed E-state index contributed by atoms with van der Waals surface area (Å²) in [5.41, 5.74) is 10.3. The van der Waals surface area contributed by atoms with Crippen molar-refractivity contribution in [2.24, 2.45) is 0 Å². The van der Waals surface area contributed by atoms with E-state index in [-0.39, 0.29) is 11.5 Å². The monoisotopic (exact) mass is 215 g/mol. The maximum absolute atomic E-state index is 13.1. The SMILES string of the molecule is Cc1cccc(-c2ccc(F)c(N)c2)c1C. The van der Waals surface area contributed by atoms with Gasteiger partial charge < -0.3 is 5.73 Å². The van der Waals surface area contributed by atoms with Crippen LogP contribution in [0.15, 0.2) is 36.4 Å². The topological polar surface area (TPSA) is 26.0 Å². The lowest BCUT2D eigenvalue weighted by Crippen LogP contribution is -1.92. The van der Waals surface area contributed by atoms with Crippen molar-refractivity contribution in [3.8, 4) is 11.1 Å². The maximum atomic E-state index is 13.1. The molecule has 2 rings (SSSR count). The Hall–Kier alpha value is -1.83. The molecule has 2 aromatic carbocycles. The van der Waals surface area contributed by atoms with Crippen LogP contribution in [0.25, 0.3) is 11.1 Å². The minimum absolute atomic E-state index is 0.193. The van der Waals surface area contributed by atoms with Gasteiger partial charge in [0.15, 0.2) is 0 Å². The van der Waals surface area contributed by atoms with E-state index in [0.29, 0.717) is 0 Å². The molecule has 0 radical (unpaired) electrons. The van der Waals surface area contributed by atoms with E-state index in [1.54, 1.807) is 12.1 Å². The molecule has 0 aliphatic rings. The predicted molar refractivity (Wildman–Crippen MR) is 65.7 cm³/mol. The van der Waals surface area contributed by atoms with Gasteiger partial charge in [-0.15, -0.1) is 0 Å². The summed E-state index contributed by atoms with van der Waals surface area (Å²) < 4.78 is 13.1. The van der Waals surface area contributed by atoms with Gasteiger partial charge in [-0.2, -0.15) is 0 Å². The minimum Gasteiger partial charge on any atom is -0.396 e. The Balaban J connectivity index is 2.59. The Morgan fingerprint density at radius 1 is 1.06 bits per heavy atom. The van der Waals surface area contributed by atoms with E-state index >= 15 is 0 Å². The van der Waals surface area contributed by atoms with Gasteiger partial charge >= 0.3 is 0 Å². The molecule has 0 bridgehead atoms. The van der Waals surface area contributed by atoms with Crippen LogP contribution in [0, 0.1) is 19.7 Å². The smallest absolute Gasteiger partial charge is 0.146 e. The highest BCUT2D eigenvalue weighted by atomic mass is 19.1. The Kier molecular flexibility index (Phi) is 2.65. The van der Waals surface area contributed by atoms with Gasteiger partial charge in [-0.3, -0.25) is 0 Å². The fraction of sp³-hybridized carbons (Fsp3) is 0.143. The third-order valence-corrected chi connectivity index (χ3v) is 2.91. The van der Waals surface area contributed by atoms with Crippen LogP contribution in [0.2, 0.25) is 0 Å². The fourth-order valence-electron chi connectivity index (χ4n) is 1.78. The van der Waals surface area contributed by atoms with Crippen LogP contribution >= 0.6 is 0 Å². The highest BCUT2D eigenvalue weighted by Gasteiger charge is 2.05. The first kappa shape index (κ1) is 10.7. The average Bonchev–Trinajstić information content (AvgIpc) is 2.26. The van der Waals surface area contributed by atoms with E-state index in [0.717, 1.165) is 11.1 Å². The zero-order chi connectivity index (χ0) is 11.7. The van der Waals surface area contributed by atoms with E-state index < -0.39 is 0 Å². The molecule has 0 aromatic heterocycles. The number of halogens is 1. The summed E-state index contributed by atoms with van der Waals surface area (Å²) in [7, 11) is 0. The molecule has 0 heterocycles. The summed E-state index contributed by atoms with van der Waals surface area (Å²) in [5.74, 6) is -0.367. The van der Waals surface area contributed by atoms with Crippen LogP contribution in [0.3, 0.4) is 0 Å². The zero-order valence-corrected chi connectivity index (χ0v) is 9.42. The van der Waals surface area contributed by atoms with Gasteiger partial charge in [0, 0.05) is 0 Å². The van der Waals surface area contributed by atoms with Crippen molar-refractivity contribution in [1.82, 2.24) is 0 Å². The van der Waals surface area contributed by atoms with Crippen LogP contribution in [-0.2, 0) is 0 Å². The number of nitrogens with two attached hydrogens (primary N) is 1. The highest BCUT2D eigenvalue weighted by Crippen LogP contribution is 2.27. The predicted octanol–water partition coefficient (Wildman–Crippen LogP) is 3.69. The van der Waals surface area contributed by atoms with Crippen LogP contribution in [0.4, 0.5) is 10.1 Å². The van der Waals surface area contributed by atoms with Crippen LogP contribution in [0.1, 0.15) is 11.1 Å². The molecule has 0 saturated heterocycles. The van der Waals surface area contributed by atoms with E-state index in [2.05, 4.69) is 19.9 Å². The van der Waals surface area contributed by atoms with Crippen molar-refractivity contribution in [2.75, 3.05) is 5.73 Å². The van der Waals surface area contributed by atoms with Crippen molar-refractivity contribution in [1.29, 1.82) is 0 Å². The molecule has 0 aliphatic carbocycles. The number of hydrogen-bond acceptors (Lipinski definition) is 1. The summed E-state index contributed by atoms with van der Waals surface area (Å²) in [4.78, 5) is 0. The maximum Gasteiger partial charge on any atom is 0.146 e. The molecule has 0 atom stereocenters. The molecule has 2 N–H and O–H groups in total. The van der Waals surface area contributed by atoms with Gasteiger partial charge in [0.1, 0.15) is 5.82 Å². The molecule has 0 spiro atoms. The third-order valence-electron chi connectivity index (χ3n) is 2.91. The van der Waals surface area contributed by atoms with Gasteiger partial charge in [-0.1, -0.05) is 24.3 Å². The molecular weight excluding hydrogens is 201 g/mol. The largest absolute Gasteiger partial charge is 0.396 e. The van der Waals surface area contributed by atoms with Crippen molar-refractivity contribution >= 4 is 5.69 Å². The Labute approximate surface area is 94.7 Å². The number of nitrogen functional groups attached to an aromatic ring is 1. The van der Waals surface area contributed by atoms with Crippen molar-refractivity contribution < 1.29 is 4.39 Å². The molecule has 0 unspecified atom stereocenters. The summed E-state index contributed by atoms with van der Waals surface area (Å²) in [6.07, 6.45) is 0. The van der Waals surface area contributed by atoms with E-state index in [4.69, 9.17) is 5.73 Å². The van der Waals surface area contributed by atoms with Crippen LogP contribution in [0.5, 0.6) is 0 Å². The molecule has 2 aromatic rings. The van der Waals surface area contributed by atoms with E-state index in [1.807, 2.05) is 12.1 Å². The van der Waals surface area contributed by atoms with Gasteiger partial charge in [0.25, 0.3) is 0 Å². The number of rotatable bonds is 1. The molecular formula is C14H14FN. The number of hydrogen-bond donors (Lipinski definition) is 1. The summed E-state index contributed by atoms with van der Waals surface area (Å²) in [6.45, 7) is 4.12. The number of benzene rings is 2. The molecule has 1 nitrogen and oxygen atoms in total. The zero-order valence-electron chi connectivity index (χ0n) is 9.42. The van der Waals surface area contributed by atoms with Gasteiger partial charge in [-0.05, 0) is 48.2 Å². The molecule has 0 saturated carbocycles. The van der Waals surface area contributed by atoms with Crippen LogP contribution in [-0.4, -0.2) is 0 Å². The Bertz CT molecular complexity index is 532. The first-order valence-corrected chi connectivity index (χ1v) is 5.21. The molecule has 0 amide bonds. The standard InChI is InChI=1S/C14H14FN/c1-9-4-3-5-12(10(9)2)11-6-7-13(15)14(16)8-11/h3-8H,16H2,1-2H3. The molecule has 2 heteroatoms. The molecule has 16 heavy (non-hydrogen) atoms. The lowest BCUT2D eigenvalue weighted by molar-refractivity contribution is 0.632. The van der Waals surface area contributed by atoms with Gasteiger partial charge in [0.2, 0.25) is 0 Å². The summed E-state index contributed by atoms with van der Waals surface area (Å²) in [6, 6.07) is 10.9. The van der Waals surface area contributed by atoms with Crippen molar-refractivity contribution in [2.45, 2.75) is 13.8 Å². The van der Waals surface area contributed by atoms with E-state index in [1.165, 1.54) is 17.2 Å². The van der Waals surface area contributed by atoms with Crippen molar-refractivity contribution in [3.05, 3.63) is 53.3 Å². The minimum atomic E-state index is -0.367. The number of aryl methyl sites for hydroxylation is 1. The third kappa shape index (κ3) is 1.78. The first-order chi connectivity index (χ1) is 7.59. The molecule has 0 fully saturated rings. The quantitative estimate of drug-likeness (QED) is 0.721. The Morgan fingerprint density at radius 3 is 2.50 bits per heavy atom. The van der Waals surface area contributed by atoms with Gasteiger partial charge in [-0.25, -0.2) is 4.39 Å². The molecule has 0 aliphatic heterocycles. The fourth-order valence-corrected chi connectivity index (χ4v) is 1.78. The van der Waals surface area contributed by atoms with Gasteiger partial charge in [0.05, 0.1) is 5.69 Å². The first-order valence-electron chi connectivity index (χ1n) is 5.21. The second-order valence-electron chi connectivity index (χ2n) is 3.98. The summed E-state index contributed by atoms with van der Waals surface area (Å²) >= 11 is 0. The highest BCUT2D eigenvalue weighted by molar-refractivity contribution is 5.71. The normalized spacial score (nSPS) is 10.4. The van der Waals surface area contributed by atoms with Crippen LogP contribution < -0.4 is 5.73 Å². The number of anilines is 1. The Morgan fingerprint density at radius 2 is 1.81 bits per heavy atom. The second-order valence-corrected chi connectivity index (χ2v) is 3.98. The second kappa shape index (κ2) is 3.97. The average molecular weight is 215 g/mol. The summed E-state index contributed by atoms with van der Waals surface area (Å²) in [5, 5.41) is 0. The lowest BCUT2D eigenvalue weighted by atomic mass is 9.97. The molecule has 82 valence electrons.